The van der Waals surface area contributed by atoms with E-state index < -0.39 is 5.82 Å². The third-order valence-electron chi connectivity index (χ3n) is 2.89. The second-order valence-corrected chi connectivity index (χ2v) is 5.30. The van der Waals surface area contributed by atoms with Gasteiger partial charge in [0.1, 0.15) is 5.82 Å². The van der Waals surface area contributed by atoms with Gasteiger partial charge >= 0.3 is 0 Å². The summed E-state index contributed by atoms with van der Waals surface area (Å²) >= 11 is 12.0. The maximum atomic E-state index is 13.3. The van der Waals surface area contributed by atoms with Crippen LogP contribution in [0.2, 0.25) is 5.02 Å². The van der Waals surface area contributed by atoms with Crippen LogP contribution in [0.15, 0.2) is 42.5 Å². The number of para-hydroxylation sites is 1. The lowest BCUT2D eigenvalue weighted by atomic mass is 10.1. The van der Waals surface area contributed by atoms with E-state index in [4.69, 9.17) is 23.2 Å². The van der Waals surface area contributed by atoms with Crippen molar-refractivity contribution in [2.75, 3.05) is 5.32 Å². The molecule has 100 valence electrons. The first kappa shape index (κ1) is 14.2. The summed E-state index contributed by atoms with van der Waals surface area (Å²) < 4.78 is 13.3. The van der Waals surface area contributed by atoms with Gasteiger partial charge in [-0.05, 0) is 30.2 Å². The van der Waals surface area contributed by atoms with Crippen LogP contribution in [-0.2, 0) is 6.54 Å². The molecule has 2 aromatic rings. The van der Waals surface area contributed by atoms with Gasteiger partial charge < -0.3 is 5.32 Å². The Morgan fingerprint density at radius 3 is 2.63 bits per heavy atom. The van der Waals surface area contributed by atoms with Gasteiger partial charge in [-0.15, -0.1) is 11.6 Å². The molecule has 0 fully saturated rings. The smallest absolute Gasteiger partial charge is 0.142 e. The standard InChI is InChI=1S/C15H14Cl2FN/c1-10(16)12-6-2-3-8-14(12)19-9-11-5-4-7-13(18)15(11)17/h2-8,10,19H,9H2,1H3. The second-order valence-electron chi connectivity index (χ2n) is 4.27. The normalized spacial score (nSPS) is 12.2. The van der Waals surface area contributed by atoms with Crippen molar-refractivity contribution in [3.8, 4) is 0 Å². The lowest BCUT2D eigenvalue weighted by Gasteiger charge is -2.14. The third kappa shape index (κ3) is 3.40. The highest BCUT2D eigenvalue weighted by Gasteiger charge is 2.09. The molecule has 2 aromatic carbocycles. The van der Waals surface area contributed by atoms with E-state index in [1.54, 1.807) is 12.1 Å². The average molecular weight is 298 g/mol. The van der Waals surface area contributed by atoms with Crippen molar-refractivity contribution < 1.29 is 4.39 Å². The number of benzene rings is 2. The van der Waals surface area contributed by atoms with Crippen molar-refractivity contribution in [3.05, 3.63) is 64.4 Å². The largest absolute Gasteiger partial charge is 0.381 e. The van der Waals surface area contributed by atoms with Gasteiger partial charge in [0, 0.05) is 12.2 Å². The highest BCUT2D eigenvalue weighted by atomic mass is 35.5. The monoisotopic (exact) mass is 297 g/mol. The molecule has 0 radical (unpaired) electrons. The first-order valence-corrected chi connectivity index (χ1v) is 6.81. The van der Waals surface area contributed by atoms with E-state index in [1.807, 2.05) is 31.2 Å². The van der Waals surface area contributed by atoms with E-state index in [2.05, 4.69) is 5.32 Å². The van der Waals surface area contributed by atoms with Gasteiger partial charge in [-0.2, -0.15) is 0 Å². The Hall–Kier alpha value is -1.25. The molecule has 0 saturated heterocycles. The Morgan fingerprint density at radius 1 is 1.16 bits per heavy atom. The number of alkyl halides is 1. The van der Waals surface area contributed by atoms with Gasteiger partial charge in [0.25, 0.3) is 0 Å². The predicted molar refractivity (Wildman–Crippen MR) is 79.4 cm³/mol. The first-order valence-electron chi connectivity index (χ1n) is 5.99. The quantitative estimate of drug-likeness (QED) is 0.746. The van der Waals surface area contributed by atoms with E-state index in [0.717, 1.165) is 16.8 Å². The fourth-order valence-electron chi connectivity index (χ4n) is 1.88. The molecule has 0 aliphatic rings. The summed E-state index contributed by atoms with van der Waals surface area (Å²) in [6.07, 6.45) is 0. The lowest BCUT2D eigenvalue weighted by molar-refractivity contribution is 0.626. The SMILES string of the molecule is CC(Cl)c1ccccc1NCc1cccc(F)c1Cl. The molecule has 0 saturated carbocycles. The second kappa shape index (κ2) is 6.27. The Morgan fingerprint density at radius 2 is 1.89 bits per heavy atom. The van der Waals surface area contributed by atoms with Crippen LogP contribution in [0.4, 0.5) is 10.1 Å². The molecule has 19 heavy (non-hydrogen) atoms. The highest BCUT2D eigenvalue weighted by Crippen LogP contribution is 2.28. The zero-order valence-corrected chi connectivity index (χ0v) is 12.0. The minimum absolute atomic E-state index is 0.0910. The van der Waals surface area contributed by atoms with Crippen molar-refractivity contribution in [3.63, 3.8) is 0 Å². The molecule has 0 aliphatic heterocycles. The summed E-state index contributed by atoms with van der Waals surface area (Å²) in [7, 11) is 0. The fourth-order valence-corrected chi connectivity index (χ4v) is 2.26. The Labute approximate surface area is 122 Å². The van der Waals surface area contributed by atoms with E-state index in [1.165, 1.54) is 6.07 Å². The predicted octanol–water partition coefficient (Wildman–Crippen LogP) is 5.39. The van der Waals surface area contributed by atoms with Gasteiger partial charge in [0.15, 0.2) is 0 Å². The van der Waals surface area contributed by atoms with Crippen molar-refractivity contribution >= 4 is 28.9 Å². The summed E-state index contributed by atoms with van der Waals surface area (Å²) in [6.45, 7) is 2.37. The number of anilines is 1. The Kier molecular flexibility index (Phi) is 4.67. The number of halogens is 3. The summed E-state index contributed by atoms with van der Waals surface area (Å²) in [6, 6.07) is 12.6. The molecule has 1 atom stereocenters. The van der Waals surface area contributed by atoms with E-state index >= 15 is 0 Å². The topological polar surface area (TPSA) is 12.0 Å². The molecular formula is C15H14Cl2FN. The molecule has 0 aliphatic carbocycles. The number of hydrogen-bond acceptors (Lipinski definition) is 1. The van der Waals surface area contributed by atoms with Crippen LogP contribution >= 0.6 is 23.2 Å². The Balaban J connectivity index is 2.17. The van der Waals surface area contributed by atoms with Crippen LogP contribution in [0.1, 0.15) is 23.4 Å². The molecule has 1 unspecified atom stereocenters. The van der Waals surface area contributed by atoms with Crippen LogP contribution in [0.25, 0.3) is 0 Å². The number of rotatable bonds is 4. The zero-order valence-electron chi connectivity index (χ0n) is 10.5. The van der Waals surface area contributed by atoms with E-state index in [0.29, 0.717) is 6.54 Å². The first-order chi connectivity index (χ1) is 9.09. The van der Waals surface area contributed by atoms with E-state index in [9.17, 15) is 4.39 Å². The van der Waals surface area contributed by atoms with Crippen LogP contribution in [-0.4, -0.2) is 0 Å². The molecule has 1 N–H and O–H groups in total. The minimum Gasteiger partial charge on any atom is -0.381 e. The van der Waals surface area contributed by atoms with Crippen molar-refractivity contribution in [2.24, 2.45) is 0 Å². The Bertz CT molecular complexity index is 570. The van der Waals surface area contributed by atoms with Crippen molar-refractivity contribution in [2.45, 2.75) is 18.8 Å². The third-order valence-corrected chi connectivity index (χ3v) is 3.55. The van der Waals surface area contributed by atoms with Crippen molar-refractivity contribution in [1.29, 1.82) is 0 Å². The fraction of sp³-hybridized carbons (Fsp3) is 0.200. The van der Waals surface area contributed by atoms with Crippen LogP contribution in [0.5, 0.6) is 0 Å². The number of nitrogens with one attached hydrogen (secondary N) is 1. The van der Waals surface area contributed by atoms with E-state index in [-0.39, 0.29) is 10.4 Å². The zero-order chi connectivity index (χ0) is 13.8. The van der Waals surface area contributed by atoms with Crippen LogP contribution in [0.3, 0.4) is 0 Å². The van der Waals surface area contributed by atoms with Gasteiger partial charge in [-0.1, -0.05) is 41.9 Å². The summed E-state index contributed by atoms with van der Waals surface area (Å²) in [5, 5.41) is 3.31. The molecule has 0 amide bonds. The molecule has 1 nitrogen and oxygen atoms in total. The maximum absolute atomic E-state index is 13.3. The maximum Gasteiger partial charge on any atom is 0.142 e. The van der Waals surface area contributed by atoms with Crippen molar-refractivity contribution in [1.82, 2.24) is 0 Å². The van der Waals surface area contributed by atoms with Crippen LogP contribution < -0.4 is 5.32 Å². The summed E-state index contributed by atoms with van der Waals surface area (Å²) in [5.41, 5.74) is 2.67. The summed E-state index contributed by atoms with van der Waals surface area (Å²) in [4.78, 5) is 0. The van der Waals surface area contributed by atoms with Gasteiger partial charge in [-0.25, -0.2) is 4.39 Å². The average Bonchev–Trinajstić information content (AvgIpc) is 2.40. The minimum atomic E-state index is -0.403. The van der Waals surface area contributed by atoms with Gasteiger partial charge in [0.2, 0.25) is 0 Å². The molecule has 0 bridgehead atoms. The molecule has 2 rings (SSSR count). The number of hydrogen-bond donors (Lipinski definition) is 1. The lowest BCUT2D eigenvalue weighted by Crippen LogP contribution is -2.03. The molecular weight excluding hydrogens is 284 g/mol. The van der Waals surface area contributed by atoms with Gasteiger partial charge in [0.05, 0.1) is 10.4 Å². The van der Waals surface area contributed by atoms with Gasteiger partial charge in [-0.3, -0.25) is 0 Å². The molecule has 4 heteroatoms. The molecule has 0 aromatic heterocycles. The van der Waals surface area contributed by atoms with Crippen LogP contribution in [0, 0.1) is 5.82 Å². The molecule has 0 heterocycles. The summed E-state index contributed by atoms with van der Waals surface area (Å²) in [5.74, 6) is -0.403. The highest BCUT2D eigenvalue weighted by molar-refractivity contribution is 6.31. The molecule has 0 spiro atoms.